The van der Waals surface area contributed by atoms with E-state index in [-0.39, 0.29) is 25.7 Å². The molecular weight excluding hydrogens is 1150 g/mol. The van der Waals surface area contributed by atoms with Crippen LogP contribution >= 0.6 is 15.6 Å². The van der Waals surface area contributed by atoms with Gasteiger partial charge in [-0.2, -0.15) is 0 Å². The second kappa shape index (κ2) is 61.1. The van der Waals surface area contributed by atoms with Gasteiger partial charge < -0.3 is 33.8 Å². The number of phosphoric ester groups is 2. The van der Waals surface area contributed by atoms with Crippen LogP contribution in [0.15, 0.2) is 24.3 Å². The van der Waals surface area contributed by atoms with E-state index in [1.54, 1.807) is 0 Å². The molecular formula is C68H128O17P2. The lowest BCUT2D eigenvalue weighted by molar-refractivity contribution is -0.161. The maximum Gasteiger partial charge on any atom is 0.472 e. The number of hydrogen-bond acceptors (Lipinski definition) is 15. The predicted molar refractivity (Wildman–Crippen MR) is 349 cm³/mol. The zero-order valence-electron chi connectivity index (χ0n) is 55.6. The molecule has 0 rings (SSSR count). The lowest BCUT2D eigenvalue weighted by Gasteiger charge is -2.21. The first-order chi connectivity index (χ1) is 42.0. The molecule has 87 heavy (non-hydrogen) atoms. The van der Waals surface area contributed by atoms with Gasteiger partial charge in [-0.25, -0.2) is 9.13 Å². The van der Waals surface area contributed by atoms with Crippen molar-refractivity contribution in [1.29, 1.82) is 0 Å². The first-order valence-electron chi connectivity index (χ1n) is 35.0. The topological polar surface area (TPSA) is 237 Å². The molecule has 0 radical (unpaired) electrons. The minimum absolute atomic E-state index is 0.0849. The number of ether oxygens (including phenoxy) is 4. The second-order valence-electron chi connectivity index (χ2n) is 24.4. The molecule has 0 aliphatic heterocycles. The monoisotopic (exact) mass is 1280 g/mol. The fourth-order valence-electron chi connectivity index (χ4n) is 9.75. The lowest BCUT2D eigenvalue weighted by atomic mass is 10.0. The van der Waals surface area contributed by atoms with Gasteiger partial charge in [0, 0.05) is 25.7 Å². The number of aliphatic hydroxyl groups is 1. The third-order valence-electron chi connectivity index (χ3n) is 15.2. The fourth-order valence-corrected chi connectivity index (χ4v) is 11.3. The quantitative estimate of drug-likeness (QED) is 0.0169. The Hall–Kier alpha value is -2.46. The van der Waals surface area contributed by atoms with Crippen LogP contribution in [0.1, 0.15) is 324 Å². The zero-order valence-corrected chi connectivity index (χ0v) is 57.4. The molecule has 0 spiro atoms. The highest BCUT2D eigenvalue weighted by atomic mass is 31.2. The molecule has 0 aromatic rings. The van der Waals surface area contributed by atoms with Crippen molar-refractivity contribution < 1.29 is 80.2 Å². The molecule has 3 N–H and O–H groups in total. The van der Waals surface area contributed by atoms with E-state index in [0.717, 1.165) is 121 Å². The van der Waals surface area contributed by atoms with Crippen molar-refractivity contribution in [3.05, 3.63) is 24.3 Å². The van der Waals surface area contributed by atoms with Gasteiger partial charge in [0.2, 0.25) is 0 Å². The van der Waals surface area contributed by atoms with Crippen LogP contribution in [0, 0.1) is 5.92 Å². The molecule has 0 aliphatic carbocycles. The minimum atomic E-state index is -4.96. The van der Waals surface area contributed by atoms with Crippen molar-refractivity contribution in [2.24, 2.45) is 5.92 Å². The van der Waals surface area contributed by atoms with Gasteiger partial charge in [0.25, 0.3) is 0 Å². The molecule has 2 unspecified atom stereocenters. The van der Waals surface area contributed by atoms with Crippen molar-refractivity contribution in [3.8, 4) is 0 Å². The van der Waals surface area contributed by atoms with Gasteiger partial charge in [-0.1, -0.05) is 271 Å². The summed E-state index contributed by atoms with van der Waals surface area (Å²) in [6.45, 7) is 7.11. The Morgan fingerprint density at radius 2 is 0.621 bits per heavy atom. The van der Waals surface area contributed by atoms with Gasteiger partial charge in [0.15, 0.2) is 12.2 Å². The highest BCUT2D eigenvalue weighted by Gasteiger charge is 2.30. The highest BCUT2D eigenvalue weighted by molar-refractivity contribution is 7.47. The standard InChI is InChI=1S/C68H128O17P2/c1-6-9-12-15-18-20-22-24-25-26-28-34-39-44-49-54-68(73)85-64(58-79-66(71)52-47-42-37-32-30-29-31-36-40-45-50-61(4)5)60-83-87(76,77)81-56-62(69)55-80-86(74,75)82-59-63(57-78-65(70)51-46-41-35-17-14-11-8-3)84-67(72)53-48-43-38-33-27-23-21-19-16-13-10-7-2/h20,22,24-25,61-64,69H,6-19,21,23,26-60H2,1-5H3,(H,74,75)(H,76,77)/b22-20-,25-24-/t62-,63+,64+/m0/s1. The highest BCUT2D eigenvalue weighted by Crippen LogP contribution is 2.45. The molecule has 0 aromatic heterocycles. The Bertz CT molecular complexity index is 1780. The smallest absolute Gasteiger partial charge is 0.462 e. The maximum atomic E-state index is 13.0. The molecule has 0 saturated carbocycles. The average molecular weight is 1280 g/mol. The average Bonchev–Trinajstić information content (AvgIpc) is 3.69. The maximum absolute atomic E-state index is 13.0. The summed E-state index contributed by atoms with van der Waals surface area (Å²) in [5.41, 5.74) is 0. The van der Waals surface area contributed by atoms with Crippen LogP contribution in [0.4, 0.5) is 0 Å². The predicted octanol–water partition coefficient (Wildman–Crippen LogP) is 18.9. The molecule has 512 valence electrons. The van der Waals surface area contributed by atoms with Crippen LogP contribution < -0.4 is 0 Å². The summed E-state index contributed by atoms with van der Waals surface area (Å²) < 4.78 is 68.0. The molecule has 5 atom stereocenters. The Morgan fingerprint density at radius 3 is 0.943 bits per heavy atom. The molecule has 0 bridgehead atoms. The third-order valence-corrected chi connectivity index (χ3v) is 17.1. The SMILES string of the molecule is CCCCCC/C=C\C=C/CCCCCCCC(=O)O[C@H](COC(=O)CCCCCCCCCCCCC(C)C)COP(=O)(O)OC[C@@H](O)COP(=O)(O)OC[C@@H](COC(=O)CCCCCCCCC)OC(=O)CCCCCCCCCCCCCC. The summed E-state index contributed by atoms with van der Waals surface area (Å²) in [6, 6.07) is 0. The number of allylic oxidation sites excluding steroid dienone is 4. The zero-order chi connectivity index (χ0) is 64.2. The number of esters is 4. The normalized spacial score (nSPS) is 14.3. The Kier molecular flexibility index (Phi) is 59.3. The van der Waals surface area contributed by atoms with Crippen LogP contribution in [0.5, 0.6) is 0 Å². The molecule has 0 saturated heterocycles. The second-order valence-corrected chi connectivity index (χ2v) is 27.3. The summed E-state index contributed by atoms with van der Waals surface area (Å²) in [5, 5.41) is 10.6. The number of carbonyl (C=O) groups is 4. The number of carbonyl (C=O) groups excluding carboxylic acids is 4. The van der Waals surface area contributed by atoms with E-state index in [1.165, 1.54) is 122 Å². The molecule has 0 aromatic carbocycles. The van der Waals surface area contributed by atoms with Crippen LogP contribution in [-0.4, -0.2) is 96.7 Å². The molecule has 0 heterocycles. The minimum Gasteiger partial charge on any atom is -0.462 e. The first-order valence-corrected chi connectivity index (χ1v) is 37.9. The number of hydrogen-bond donors (Lipinski definition) is 3. The number of phosphoric acid groups is 2. The first kappa shape index (κ1) is 84.5. The van der Waals surface area contributed by atoms with Crippen LogP contribution in [0.25, 0.3) is 0 Å². The largest absolute Gasteiger partial charge is 0.472 e. The van der Waals surface area contributed by atoms with E-state index in [9.17, 15) is 43.2 Å². The Morgan fingerprint density at radius 1 is 0.356 bits per heavy atom. The van der Waals surface area contributed by atoms with Gasteiger partial charge >= 0.3 is 39.5 Å². The Labute approximate surface area is 529 Å². The summed E-state index contributed by atoms with van der Waals surface area (Å²) in [6.07, 6.45) is 49.4. The van der Waals surface area contributed by atoms with E-state index >= 15 is 0 Å². The van der Waals surface area contributed by atoms with Gasteiger partial charge in [-0.15, -0.1) is 0 Å². The molecule has 0 amide bonds. The lowest BCUT2D eigenvalue weighted by Crippen LogP contribution is -2.30. The summed E-state index contributed by atoms with van der Waals surface area (Å²) in [7, 11) is -9.90. The summed E-state index contributed by atoms with van der Waals surface area (Å²) in [4.78, 5) is 72.3. The van der Waals surface area contributed by atoms with Crippen LogP contribution in [0.2, 0.25) is 0 Å². The molecule has 0 aliphatic rings. The Balaban J connectivity index is 5.25. The number of rotatable bonds is 66. The summed E-state index contributed by atoms with van der Waals surface area (Å²) >= 11 is 0. The van der Waals surface area contributed by atoms with Crippen molar-refractivity contribution in [1.82, 2.24) is 0 Å². The van der Waals surface area contributed by atoms with E-state index in [4.69, 9.17) is 37.0 Å². The van der Waals surface area contributed by atoms with Crippen molar-refractivity contribution in [2.45, 2.75) is 342 Å². The van der Waals surface area contributed by atoms with Gasteiger partial charge in [0.1, 0.15) is 19.3 Å². The van der Waals surface area contributed by atoms with Crippen LogP contribution in [-0.2, 0) is 65.4 Å². The number of unbranched alkanes of at least 4 members (excludes halogenated alkanes) is 35. The van der Waals surface area contributed by atoms with Gasteiger partial charge in [-0.05, 0) is 57.3 Å². The van der Waals surface area contributed by atoms with Gasteiger partial charge in [0.05, 0.1) is 26.4 Å². The van der Waals surface area contributed by atoms with Crippen LogP contribution in [0.3, 0.4) is 0 Å². The molecule has 17 nitrogen and oxygen atoms in total. The van der Waals surface area contributed by atoms with E-state index < -0.39 is 97.5 Å². The van der Waals surface area contributed by atoms with Gasteiger partial charge in [-0.3, -0.25) is 37.3 Å². The van der Waals surface area contributed by atoms with Crippen molar-refractivity contribution >= 4 is 39.5 Å². The third kappa shape index (κ3) is 62.1. The van der Waals surface area contributed by atoms with Crippen molar-refractivity contribution in [2.75, 3.05) is 39.6 Å². The molecule has 0 fully saturated rings. The van der Waals surface area contributed by atoms with E-state index in [1.807, 2.05) is 0 Å². The van der Waals surface area contributed by atoms with E-state index in [2.05, 4.69) is 58.9 Å². The summed E-state index contributed by atoms with van der Waals surface area (Å²) in [5.74, 6) is -1.40. The number of aliphatic hydroxyl groups excluding tert-OH is 1. The fraction of sp³-hybridized carbons (Fsp3) is 0.882. The molecule has 19 heteroatoms. The van der Waals surface area contributed by atoms with Crippen molar-refractivity contribution in [3.63, 3.8) is 0 Å². The van der Waals surface area contributed by atoms with E-state index in [0.29, 0.717) is 25.7 Å².